The van der Waals surface area contributed by atoms with Crippen LogP contribution in [0.3, 0.4) is 0 Å². The molecule has 0 spiro atoms. The average molecular weight is 409 g/mol. The third kappa shape index (κ3) is 4.38. The van der Waals surface area contributed by atoms with E-state index >= 15 is 0 Å². The fourth-order valence-electron chi connectivity index (χ4n) is 3.34. The van der Waals surface area contributed by atoms with Gasteiger partial charge in [-0.15, -0.1) is 0 Å². The normalized spacial score (nSPS) is 16.0. The number of nitrogens with zero attached hydrogens (tertiary/aromatic N) is 3. The molecule has 28 heavy (non-hydrogen) atoms. The number of aryl methyl sites for hydroxylation is 1. The van der Waals surface area contributed by atoms with E-state index in [1.807, 2.05) is 7.05 Å². The summed E-state index contributed by atoms with van der Waals surface area (Å²) in [5, 5.41) is 3.69. The number of morpholine rings is 1. The number of rotatable bonds is 7. The van der Waals surface area contributed by atoms with Crippen LogP contribution in [0.15, 0.2) is 29.2 Å². The Morgan fingerprint density at radius 1 is 1.21 bits per heavy atom. The Hall–Kier alpha value is -1.94. The van der Waals surface area contributed by atoms with E-state index in [2.05, 4.69) is 10.2 Å². The van der Waals surface area contributed by atoms with Crippen molar-refractivity contribution in [2.24, 2.45) is 7.05 Å². The number of amides is 1. The van der Waals surface area contributed by atoms with Gasteiger partial charge in [0, 0.05) is 51.7 Å². The molecule has 1 aliphatic heterocycles. The van der Waals surface area contributed by atoms with Crippen LogP contribution in [0.25, 0.3) is 10.9 Å². The lowest BCUT2D eigenvalue weighted by Crippen LogP contribution is -2.38. The summed E-state index contributed by atoms with van der Waals surface area (Å²) in [7, 11) is 1.30. The zero-order valence-corrected chi connectivity index (χ0v) is 17.5. The number of benzene rings is 1. The topological polar surface area (TPSA) is 83.9 Å². The number of nitrogens with one attached hydrogen (secondary N) is 1. The fourth-order valence-corrected chi connectivity index (χ4v) is 4.27. The Bertz CT molecular complexity index is 946. The van der Waals surface area contributed by atoms with Crippen LogP contribution >= 0.6 is 0 Å². The van der Waals surface area contributed by atoms with Gasteiger partial charge in [0.05, 0.1) is 18.1 Å². The summed E-state index contributed by atoms with van der Waals surface area (Å²) in [5.41, 5.74) is 1.33. The molecule has 9 heteroatoms. The molecule has 0 saturated carbocycles. The maximum absolute atomic E-state index is 12.6. The molecule has 1 aromatic carbocycles. The molecular formula is C19H28N4O4S. The first-order valence-electron chi connectivity index (χ1n) is 9.41. The highest BCUT2D eigenvalue weighted by molar-refractivity contribution is 7.89. The smallest absolute Gasteiger partial charge is 0.267 e. The Morgan fingerprint density at radius 2 is 1.93 bits per heavy atom. The van der Waals surface area contributed by atoms with E-state index in [-0.39, 0.29) is 10.8 Å². The highest BCUT2D eigenvalue weighted by Crippen LogP contribution is 2.23. The Labute approximate surface area is 166 Å². The quantitative estimate of drug-likeness (QED) is 0.688. The molecule has 1 aromatic heterocycles. The van der Waals surface area contributed by atoms with Crippen LogP contribution in [0.1, 0.15) is 16.9 Å². The molecule has 1 amide bonds. The molecule has 3 rings (SSSR count). The number of fused-ring (bicyclic) bond motifs is 1. The van der Waals surface area contributed by atoms with E-state index in [4.69, 9.17) is 4.74 Å². The molecule has 0 aliphatic carbocycles. The lowest BCUT2D eigenvalue weighted by Gasteiger charge is -2.26. The monoisotopic (exact) mass is 408 g/mol. The summed E-state index contributed by atoms with van der Waals surface area (Å²) in [6.07, 6.45) is 0.876. The van der Waals surface area contributed by atoms with Crippen molar-refractivity contribution in [1.29, 1.82) is 0 Å². The third-order valence-electron chi connectivity index (χ3n) is 5.07. The van der Waals surface area contributed by atoms with Crippen molar-refractivity contribution in [3.05, 3.63) is 30.0 Å². The summed E-state index contributed by atoms with van der Waals surface area (Å²) < 4.78 is 33.0. The van der Waals surface area contributed by atoms with Crippen LogP contribution in [0.4, 0.5) is 0 Å². The summed E-state index contributed by atoms with van der Waals surface area (Å²) in [5.74, 6) is -0.155. The number of ether oxygens (including phenoxy) is 1. The minimum atomic E-state index is -3.51. The van der Waals surface area contributed by atoms with Gasteiger partial charge in [0.25, 0.3) is 5.91 Å². The molecule has 1 N–H and O–H groups in total. The zero-order chi connectivity index (χ0) is 20.3. The molecule has 0 atom stereocenters. The summed E-state index contributed by atoms with van der Waals surface area (Å²) in [6, 6.07) is 6.66. The maximum atomic E-state index is 12.6. The molecule has 1 fully saturated rings. The van der Waals surface area contributed by atoms with Crippen molar-refractivity contribution in [3.8, 4) is 0 Å². The molecule has 154 valence electrons. The van der Waals surface area contributed by atoms with E-state index in [9.17, 15) is 13.2 Å². The predicted octanol–water partition coefficient (Wildman–Crippen LogP) is 0.881. The SMILES string of the molecule is CN(C)S(=O)(=O)c1ccc2c(c1)cc(C(=O)NCCCN1CCOCC1)n2C. The van der Waals surface area contributed by atoms with Gasteiger partial charge in [-0.1, -0.05) is 0 Å². The Morgan fingerprint density at radius 3 is 2.61 bits per heavy atom. The van der Waals surface area contributed by atoms with Gasteiger partial charge in [-0.3, -0.25) is 9.69 Å². The highest BCUT2D eigenvalue weighted by Gasteiger charge is 2.20. The summed E-state index contributed by atoms with van der Waals surface area (Å²) >= 11 is 0. The molecular weight excluding hydrogens is 380 g/mol. The van der Waals surface area contributed by atoms with Gasteiger partial charge in [0.15, 0.2) is 0 Å². The van der Waals surface area contributed by atoms with Crippen LogP contribution < -0.4 is 5.32 Å². The summed E-state index contributed by atoms with van der Waals surface area (Å²) in [4.78, 5) is 15.1. The second-order valence-electron chi connectivity index (χ2n) is 7.16. The van der Waals surface area contributed by atoms with Crippen molar-refractivity contribution in [3.63, 3.8) is 0 Å². The number of aromatic nitrogens is 1. The van der Waals surface area contributed by atoms with Crippen LogP contribution in [0.5, 0.6) is 0 Å². The van der Waals surface area contributed by atoms with E-state index in [1.165, 1.54) is 18.4 Å². The average Bonchev–Trinajstić information content (AvgIpc) is 3.02. The van der Waals surface area contributed by atoms with E-state index in [1.54, 1.807) is 28.8 Å². The number of sulfonamides is 1. The van der Waals surface area contributed by atoms with Crippen molar-refractivity contribution in [1.82, 2.24) is 19.1 Å². The first-order chi connectivity index (χ1) is 13.3. The number of carbonyl (C=O) groups excluding carboxylic acids is 1. The molecule has 2 heterocycles. The van der Waals surface area contributed by atoms with E-state index < -0.39 is 10.0 Å². The van der Waals surface area contributed by atoms with Crippen LogP contribution in [0, 0.1) is 0 Å². The number of hydrogen-bond donors (Lipinski definition) is 1. The van der Waals surface area contributed by atoms with Crippen molar-refractivity contribution < 1.29 is 17.9 Å². The molecule has 1 aliphatic rings. The van der Waals surface area contributed by atoms with Crippen LogP contribution in [-0.2, 0) is 21.8 Å². The van der Waals surface area contributed by atoms with E-state index in [0.717, 1.165) is 50.2 Å². The lowest BCUT2D eigenvalue weighted by atomic mass is 10.2. The standard InChI is InChI=1S/C19H28N4O4S/c1-21(2)28(25,26)16-5-6-17-15(13-16)14-18(22(17)3)19(24)20-7-4-8-23-9-11-27-12-10-23/h5-6,13-14H,4,7-12H2,1-3H3,(H,20,24). The molecule has 8 nitrogen and oxygen atoms in total. The minimum Gasteiger partial charge on any atom is -0.379 e. The van der Waals surface area contributed by atoms with Crippen LogP contribution in [0.2, 0.25) is 0 Å². The van der Waals surface area contributed by atoms with Gasteiger partial charge >= 0.3 is 0 Å². The second-order valence-corrected chi connectivity index (χ2v) is 9.31. The third-order valence-corrected chi connectivity index (χ3v) is 6.88. The maximum Gasteiger partial charge on any atom is 0.267 e. The minimum absolute atomic E-state index is 0.155. The predicted molar refractivity (Wildman–Crippen MR) is 108 cm³/mol. The van der Waals surface area contributed by atoms with Gasteiger partial charge in [-0.25, -0.2) is 12.7 Å². The first kappa shape index (κ1) is 20.8. The van der Waals surface area contributed by atoms with Crippen LogP contribution in [-0.4, -0.2) is 81.6 Å². The zero-order valence-electron chi connectivity index (χ0n) is 16.6. The summed E-state index contributed by atoms with van der Waals surface area (Å²) in [6.45, 7) is 4.95. The first-order valence-corrected chi connectivity index (χ1v) is 10.8. The highest BCUT2D eigenvalue weighted by atomic mass is 32.2. The van der Waals surface area contributed by atoms with Crippen molar-refractivity contribution >= 4 is 26.8 Å². The van der Waals surface area contributed by atoms with Crippen molar-refractivity contribution in [2.45, 2.75) is 11.3 Å². The largest absolute Gasteiger partial charge is 0.379 e. The lowest BCUT2D eigenvalue weighted by molar-refractivity contribution is 0.0374. The molecule has 2 aromatic rings. The molecule has 0 bridgehead atoms. The van der Waals surface area contributed by atoms with Crippen molar-refractivity contribution in [2.75, 3.05) is 53.5 Å². The molecule has 0 radical (unpaired) electrons. The molecule has 1 saturated heterocycles. The molecule has 0 unspecified atom stereocenters. The fraction of sp³-hybridized carbons (Fsp3) is 0.526. The van der Waals surface area contributed by atoms with Gasteiger partial charge in [0.1, 0.15) is 5.69 Å². The van der Waals surface area contributed by atoms with Gasteiger partial charge in [-0.05, 0) is 37.2 Å². The van der Waals surface area contributed by atoms with Gasteiger partial charge < -0.3 is 14.6 Å². The second kappa shape index (κ2) is 8.60. The Kier molecular flexibility index (Phi) is 6.39. The van der Waals surface area contributed by atoms with E-state index in [0.29, 0.717) is 12.2 Å². The van der Waals surface area contributed by atoms with Gasteiger partial charge in [-0.2, -0.15) is 0 Å². The number of hydrogen-bond acceptors (Lipinski definition) is 5. The number of carbonyl (C=O) groups is 1. The Balaban J connectivity index is 1.66. The van der Waals surface area contributed by atoms with Gasteiger partial charge in [0.2, 0.25) is 10.0 Å².